The number of thiophene rings is 1. The molecule has 1 N–H and O–H groups in total. The maximum atomic E-state index is 13.6. The van der Waals surface area contributed by atoms with Crippen LogP contribution in [0.15, 0.2) is 40.2 Å². The van der Waals surface area contributed by atoms with Gasteiger partial charge in [-0.05, 0) is 30.0 Å². The quantitative estimate of drug-likeness (QED) is 0.606. The van der Waals surface area contributed by atoms with Crippen LogP contribution < -0.4 is 10.1 Å². The highest BCUT2D eigenvalue weighted by Gasteiger charge is 2.13. The second kappa shape index (κ2) is 8.67. The number of hydrogen-bond donors (Lipinski definition) is 1. The van der Waals surface area contributed by atoms with Crippen LogP contribution in [-0.2, 0) is 11.2 Å². The molecule has 0 fully saturated rings. The minimum atomic E-state index is -3.12. The van der Waals surface area contributed by atoms with Crippen LogP contribution in [0.25, 0.3) is 10.7 Å². The molecule has 142 valence electrons. The zero-order valence-corrected chi connectivity index (χ0v) is 14.6. The number of aromatic nitrogens is 2. The number of aryl methyl sites for hydroxylation is 1. The second-order valence-electron chi connectivity index (χ2n) is 5.41. The molecule has 2 aromatic heterocycles. The smallest absolute Gasteiger partial charge is 0.387 e. The van der Waals surface area contributed by atoms with E-state index in [1.54, 1.807) is 0 Å². The van der Waals surface area contributed by atoms with E-state index >= 15 is 0 Å². The normalized spacial score (nSPS) is 11.0. The first kappa shape index (κ1) is 18.9. The van der Waals surface area contributed by atoms with E-state index in [9.17, 15) is 18.0 Å². The van der Waals surface area contributed by atoms with Gasteiger partial charge in [-0.1, -0.05) is 11.2 Å². The van der Waals surface area contributed by atoms with Crippen LogP contribution in [0.5, 0.6) is 5.75 Å². The summed E-state index contributed by atoms with van der Waals surface area (Å²) in [7, 11) is 0. The van der Waals surface area contributed by atoms with Crippen LogP contribution in [0.1, 0.15) is 18.7 Å². The molecule has 0 aliphatic heterocycles. The average molecular weight is 397 g/mol. The Morgan fingerprint density at radius 3 is 2.89 bits per heavy atom. The zero-order chi connectivity index (χ0) is 19.2. The molecule has 0 bridgehead atoms. The first-order valence-electron chi connectivity index (χ1n) is 7.92. The molecule has 27 heavy (non-hydrogen) atoms. The Labute approximate surface area is 156 Å². The topological polar surface area (TPSA) is 77.2 Å². The Hall–Kier alpha value is -2.88. The van der Waals surface area contributed by atoms with Crippen LogP contribution in [0.3, 0.4) is 0 Å². The van der Waals surface area contributed by atoms with E-state index < -0.39 is 18.2 Å². The summed E-state index contributed by atoms with van der Waals surface area (Å²) in [6.07, 6.45) is 1.02. The number of alkyl halides is 2. The Balaban J connectivity index is 1.46. The molecule has 0 saturated heterocycles. The molecule has 0 atom stereocenters. The van der Waals surface area contributed by atoms with Crippen molar-refractivity contribution in [1.29, 1.82) is 0 Å². The van der Waals surface area contributed by atoms with E-state index in [0.717, 1.165) is 17.0 Å². The number of amides is 1. The molecule has 0 spiro atoms. The molecule has 0 saturated carbocycles. The van der Waals surface area contributed by atoms with Crippen molar-refractivity contribution >= 4 is 22.9 Å². The third-order valence-electron chi connectivity index (χ3n) is 3.44. The number of ether oxygens (including phenoxy) is 1. The van der Waals surface area contributed by atoms with Crippen molar-refractivity contribution in [2.75, 3.05) is 5.32 Å². The van der Waals surface area contributed by atoms with Crippen molar-refractivity contribution < 1.29 is 27.2 Å². The lowest BCUT2D eigenvalue weighted by molar-refractivity contribution is -0.116. The highest BCUT2D eigenvalue weighted by atomic mass is 32.1. The molecule has 1 amide bonds. The summed E-state index contributed by atoms with van der Waals surface area (Å²) in [5.41, 5.74) is 0.150. The van der Waals surface area contributed by atoms with E-state index in [1.807, 2.05) is 17.5 Å². The Bertz CT molecular complexity index is 900. The van der Waals surface area contributed by atoms with Crippen molar-refractivity contribution in [2.45, 2.75) is 25.9 Å². The molecule has 2 heterocycles. The lowest BCUT2D eigenvalue weighted by atomic mass is 10.2. The van der Waals surface area contributed by atoms with Crippen molar-refractivity contribution in [3.63, 3.8) is 0 Å². The molecule has 0 unspecified atom stereocenters. The van der Waals surface area contributed by atoms with Gasteiger partial charge in [0.15, 0.2) is 11.6 Å². The van der Waals surface area contributed by atoms with Crippen LogP contribution in [0.4, 0.5) is 18.9 Å². The summed E-state index contributed by atoms with van der Waals surface area (Å²) in [4.78, 5) is 17.1. The van der Waals surface area contributed by atoms with Crippen molar-refractivity contribution in [2.24, 2.45) is 0 Å². The van der Waals surface area contributed by atoms with Gasteiger partial charge in [0, 0.05) is 24.6 Å². The number of hydrogen-bond acceptors (Lipinski definition) is 6. The molecule has 1 aromatic carbocycles. The standard InChI is InChI=1S/C17H14F3N3O3S/c18-11-9-10(6-7-12(11)25-17(19)20)21-14(24)4-1-5-15-22-16(23-26-15)13-3-2-8-27-13/h2-3,6-9,17H,1,4-5H2,(H,21,24). The molecule has 10 heteroatoms. The first-order chi connectivity index (χ1) is 13.0. The number of rotatable bonds is 8. The minimum absolute atomic E-state index is 0.146. The van der Waals surface area contributed by atoms with Gasteiger partial charge < -0.3 is 14.6 Å². The molecule has 3 aromatic rings. The predicted molar refractivity (Wildman–Crippen MR) is 92.2 cm³/mol. The third-order valence-corrected chi connectivity index (χ3v) is 4.30. The molecular formula is C17H14F3N3O3S. The van der Waals surface area contributed by atoms with Gasteiger partial charge in [-0.15, -0.1) is 11.3 Å². The fraction of sp³-hybridized carbons (Fsp3) is 0.235. The summed E-state index contributed by atoms with van der Waals surface area (Å²) in [5, 5.41) is 8.28. The summed E-state index contributed by atoms with van der Waals surface area (Å²) < 4.78 is 47.0. The van der Waals surface area contributed by atoms with Gasteiger partial charge in [0.05, 0.1) is 4.88 Å². The van der Waals surface area contributed by atoms with Gasteiger partial charge >= 0.3 is 6.61 Å². The summed E-state index contributed by atoms with van der Waals surface area (Å²) in [6, 6.07) is 6.99. The van der Waals surface area contributed by atoms with Crippen LogP contribution in [0.2, 0.25) is 0 Å². The predicted octanol–water partition coefficient (Wildman–Crippen LogP) is 4.50. The SMILES string of the molecule is O=C(CCCc1nc(-c2cccs2)no1)Nc1ccc(OC(F)F)c(F)c1. The second-order valence-corrected chi connectivity index (χ2v) is 6.36. The van der Waals surface area contributed by atoms with Gasteiger partial charge in [0.1, 0.15) is 0 Å². The largest absolute Gasteiger partial charge is 0.432 e. The molecule has 3 rings (SSSR count). The van der Waals surface area contributed by atoms with Gasteiger partial charge in [-0.2, -0.15) is 13.8 Å². The number of carbonyl (C=O) groups excluding carboxylic acids is 1. The van der Waals surface area contributed by atoms with E-state index in [1.165, 1.54) is 17.4 Å². The molecular weight excluding hydrogens is 383 g/mol. The molecule has 0 aliphatic rings. The Morgan fingerprint density at radius 1 is 1.33 bits per heavy atom. The monoisotopic (exact) mass is 397 g/mol. The number of nitrogens with one attached hydrogen (secondary N) is 1. The van der Waals surface area contributed by atoms with Crippen molar-refractivity contribution in [1.82, 2.24) is 10.1 Å². The van der Waals surface area contributed by atoms with E-state index in [-0.39, 0.29) is 18.0 Å². The lowest BCUT2D eigenvalue weighted by Gasteiger charge is -2.08. The lowest BCUT2D eigenvalue weighted by Crippen LogP contribution is -2.12. The summed E-state index contributed by atoms with van der Waals surface area (Å²) >= 11 is 1.49. The average Bonchev–Trinajstić information content (AvgIpc) is 3.28. The van der Waals surface area contributed by atoms with Crippen LogP contribution in [0, 0.1) is 5.82 Å². The van der Waals surface area contributed by atoms with Crippen LogP contribution >= 0.6 is 11.3 Å². The van der Waals surface area contributed by atoms with Crippen molar-refractivity contribution in [3.05, 3.63) is 47.4 Å². The minimum Gasteiger partial charge on any atom is -0.432 e. The molecule has 0 radical (unpaired) electrons. The number of anilines is 1. The molecule has 6 nitrogen and oxygen atoms in total. The molecule has 0 aliphatic carbocycles. The number of nitrogens with zero attached hydrogens (tertiary/aromatic N) is 2. The Morgan fingerprint density at radius 2 is 2.19 bits per heavy atom. The summed E-state index contributed by atoms with van der Waals surface area (Å²) in [6.45, 7) is -3.12. The highest BCUT2D eigenvalue weighted by Crippen LogP contribution is 2.23. The van der Waals surface area contributed by atoms with Gasteiger partial charge in [0.25, 0.3) is 0 Å². The maximum absolute atomic E-state index is 13.6. The first-order valence-corrected chi connectivity index (χ1v) is 8.80. The van der Waals surface area contributed by atoms with E-state index in [0.29, 0.717) is 24.6 Å². The van der Waals surface area contributed by atoms with E-state index in [4.69, 9.17) is 4.52 Å². The zero-order valence-electron chi connectivity index (χ0n) is 13.8. The van der Waals surface area contributed by atoms with E-state index in [2.05, 4.69) is 20.2 Å². The van der Waals surface area contributed by atoms with Gasteiger partial charge in [0.2, 0.25) is 17.6 Å². The number of benzene rings is 1. The van der Waals surface area contributed by atoms with Crippen LogP contribution in [-0.4, -0.2) is 22.7 Å². The fourth-order valence-electron chi connectivity index (χ4n) is 2.26. The Kier molecular flexibility index (Phi) is 6.07. The van der Waals surface area contributed by atoms with Gasteiger partial charge in [-0.25, -0.2) is 4.39 Å². The summed E-state index contributed by atoms with van der Waals surface area (Å²) in [5.74, 6) is -0.993. The third kappa shape index (κ3) is 5.30. The highest BCUT2D eigenvalue weighted by molar-refractivity contribution is 7.13. The number of halogens is 3. The van der Waals surface area contributed by atoms with Crippen molar-refractivity contribution in [3.8, 4) is 16.5 Å². The van der Waals surface area contributed by atoms with Gasteiger partial charge in [-0.3, -0.25) is 4.79 Å². The maximum Gasteiger partial charge on any atom is 0.387 e. The fourth-order valence-corrected chi connectivity index (χ4v) is 2.91. The number of carbonyl (C=O) groups is 1.